The molecule has 0 atom stereocenters. The minimum atomic E-state index is -4.68. The molecule has 0 aromatic heterocycles. The van der Waals surface area contributed by atoms with Gasteiger partial charge in [-0.15, -0.1) is 0 Å². The van der Waals surface area contributed by atoms with Crippen LogP contribution in [0.4, 0.5) is 18.9 Å². The first kappa shape index (κ1) is 25.0. The second kappa shape index (κ2) is 10.4. The molecule has 2 aromatic carbocycles. The molecule has 32 heavy (non-hydrogen) atoms. The molecule has 2 aromatic rings. The van der Waals surface area contributed by atoms with Crippen molar-refractivity contribution in [1.82, 2.24) is 9.80 Å². The molecule has 0 spiro atoms. The van der Waals surface area contributed by atoms with Gasteiger partial charge in [-0.3, -0.25) is 14.4 Å². The Balaban J connectivity index is 2.07. The van der Waals surface area contributed by atoms with Crippen molar-refractivity contribution < 1.29 is 32.3 Å². The van der Waals surface area contributed by atoms with Gasteiger partial charge in [-0.1, -0.05) is 23.7 Å². The van der Waals surface area contributed by atoms with Gasteiger partial charge in [-0.2, -0.15) is 13.2 Å². The lowest BCUT2D eigenvalue weighted by molar-refractivity contribution is -0.137. The maximum Gasteiger partial charge on any atom is 0.417 e. The van der Waals surface area contributed by atoms with Crippen molar-refractivity contribution in [3.05, 3.63) is 58.6 Å². The highest BCUT2D eigenvalue weighted by atomic mass is 35.5. The average molecular weight is 472 g/mol. The number of hydrogen-bond donors (Lipinski definition) is 1. The van der Waals surface area contributed by atoms with Crippen LogP contribution in [0.1, 0.15) is 15.9 Å². The minimum Gasteiger partial charge on any atom is -0.483 e. The van der Waals surface area contributed by atoms with Gasteiger partial charge in [-0.05, 0) is 30.3 Å². The monoisotopic (exact) mass is 471 g/mol. The zero-order valence-electron chi connectivity index (χ0n) is 17.5. The molecule has 0 aliphatic heterocycles. The van der Waals surface area contributed by atoms with Crippen LogP contribution in [0.2, 0.25) is 5.02 Å². The summed E-state index contributed by atoms with van der Waals surface area (Å²) in [4.78, 5) is 39.2. The van der Waals surface area contributed by atoms with Crippen LogP contribution in [0, 0.1) is 0 Å². The summed E-state index contributed by atoms with van der Waals surface area (Å²) >= 11 is 5.57. The molecule has 1 N–H and O–H groups in total. The molecule has 0 saturated carbocycles. The van der Waals surface area contributed by atoms with E-state index >= 15 is 0 Å². The zero-order chi connectivity index (χ0) is 24.1. The third-order valence-electron chi connectivity index (χ3n) is 4.25. The number of para-hydroxylation sites is 1. The van der Waals surface area contributed by atoms with Crippen molar-refractivity contribution >= 4 is 35.0 Å². The first-order chi connectivity index (χ1) is 14.9. The number of carbonyl (C=O) groups excluding carboxylic acids is 3. The highest BCUT2D eigenvalue weighted by molar-refractivity contribution is 6.31. The standard InChI is InChI=1S/C21H21ClF3N3O4/c1-27(2)19(30)12-32-17-7-5-4-6-14(17)20(31)28(3)11-18(29)26-13-8-9-16(22)15(10-13)21(23,24)25/h4-10H,11-12H2,1-3H3,(H,26,29). The van der Waals surface area contributed by atoms with E-state index in [0.717, 1.165) is 11.0 Å². The third kappa shape index (κ3) is 6.61. The summed E-state index contributed by atoms with van der Waals surface area (Å²) in [5, 5.41) is 1.82. The van der Waals surface area contributed by atoms with E-state index in [9.17, 15) is 27.6 Å². The van der Waals surface area contributed by atoms with Crippen molar-refractivity contribution in [2.45, 2.75) is 6.18 Å². The Morgan fingerprint density at radius 3 is 2.34 bits per heavy atom. The number of halogens is 4. The molecule has 0 aliphatic rings. The predicted molar refractivity (Wildman–Crippen MR) is 113 cm³/mol. The number of alkyl halides is 3. The fourth-order valence-corrected chi connectivity index (χ4v) is 2.78. The van der Waals surface area contributed by atoms with Crippen LogP contribution in [-0.4, -0.2) is 61.8 Å². The zero-order valence-corrected chi connectivity index (χ0v) is 18.3. The lowest BCUT2D eigenvalue weighted by Crippen LogP contribution is -2.35. The van der Waals surface area contributed by atoms with Crippen LogP contribution in [0.5, 0.6) is 5.75 Å². The molecular weight excluding hydrogens is 451 g/mol. The largest absolute Gasteiger partial charge is 0.483 e. The van der Waals surface area contributed by atoms with Gasteiger partial charge >= 0.3 is 6.18 Å². The molecule has 0 unspecified atom stereocenters. The molecule has 172 valence electrons. The number of benzene rings is 2. The molecule has 11 heteroatoms. The molecule has 0 bridgehead atoms. The number of carbonyl (C=O) groups is 3. The lowest BCUT2D eigenvalue weighted by Gasteiger charge is -2.19. The average Bonchev–Trinajstić information content (AvgIpc) is 2.72. The smallest absolute Gasteiger partial charge is 0.417 e. The third-order valence-corrected chi connectivity index (χ3v) is 4.58. The first-order valence-corrected chi connectivity index (χ1v) is 9.62. The fourth-order valence-electron chi connectivity index (χ4n) is 2.55. The number of likely N-dealkylation sites (N-methyl/N-ethyl adjacent to an activating group) is 2. The molecule has 0 saturated heterocycles. The summed E-state index contributed by atoms with van der Waals surface area (Å²) in [6, 6.07) is 9.16. The highest BCUT2D eigenvalue weighted by Crippen LogP contribution is 2.36. The van der Waals surface area contributed by atoms with Crippen LogP contribution in [0.3, 0.4) is 0 Å². The number of anilines is 1. The van der Waals surface area contributed by atoms with Crippen LogP contribution in [0.25, 0.3) is 0 Å². The minimum absolute atomic E-state index is 0.112. The summed E-state index contributed by atoms with van der Waals surface area (Å²) in [5.74, 6) is -1.42. The van der Waals surface area contributed by atoms with Gasteiger partial charge in [0.1, 0.15) is 5.75 Å². The number of amides is 3. The van der Waals surface area contributed by atoms with E-state index in [0.29, 0.717) is 6.07 Å². The number of ether oxygens (including phenoxy) is 1. The Bertz CT molecular complexity index is 1010. The fraction of sp³-hybridized carbons (Fsp3) is 0.286. The number of rotatable bonds is 7. The van der Waals surface area contributed by atoms with Gasteiger partial charge in [0.2, 0.25) is 5.91 Å². The van der Waals surface area contributed by atoms with Crippen LogP contribution in [-0.2, 0) is 15.8 Å². The number of nitrogens with zero attached hydrogens (tertiary/aromatic N) is 2. The van der Waals surface area contributed by atoms with E-state index in [1.165, 1.54) is 30.1 Å². The summed E-state index contributed by atoms with van der Waals surface area (Å²) in [6.07, 6.45) is -4.68. The predicted octanol–water partition coefficient (Wildman–Crippen LogP) is 3.54. The van der Waals surface area contributed by atoms with Crippen LogP contribution < -0.4 is 10.1 Å². The van der Waals surface area contributed by atoms with Crippen molar-refractivity contribution in [2.75, 3.05) is 39.6 Å². The molecule has 7 nitrogen and oxygen atoms in total. The second-order valence-electron chi connectivity index (χ2n) is 6.97. The Morgan fingerprint density at radius 2 is 1.72 bits per heavy atom. The Hall–Kier alpha value is -3.27. The molecular formula is C21H21ClF3N3O4. The van der Waals surface area contributed by atoms with Crippen molar-refractivity contribution in [3.63, 3.8) is 0 Å². The molecule has 2 rings (SSSR count). The molecule has 0 radical (unpaired) electrons. The van der Waals surface area contributed by atoms with E-state index in [1.807, 2.05) is 0 Å². The Morgan fingerprint density at radius 1 is 1.06 bits per heavy atom. The lowest BCUT2D eigenvalue weighted by atomic mass is 10.1. The number of hydrogen-bond acceptors (Lipinski definition) is 4. The maximum absolute atomic E-state index is 13.0. The van der Waals surface area contributed by atoms with Gasteiger partial charge in [0.15, 0.2) is 6.61 Å². The summed E-state index contributed by atoms with van der Waals surface area (Å²) in [6.45, 7) is -0.715. The van der Waals surface area contributed by atoms with E-state index in [1.54, 1.807) is 26.2 Å². The number of nitrogens with one attached hydrogen (secondary N) is 1. The quantitative estimate of drug-likeness (QED) is 0.670. The van der Waals surface area contributed by atoms with Crippen LogP contribution in [0.15, 0.2) is 42.5 Å². The van der Waals surface area contributed by atoms with Gasteiger partial charge in [0.05, 0.1) is 22.7 Å². The van der Waals surface area contributed by atoms with Gasteiger partial charge in [-0.25, -0.2) is 0 Å². The first-order valence-electron chi connectivity index (χ1n) is 9.24. The summed E-state index contributed by atoms with van der Waals surface area (Å²) in [7, 11) is 4.48. The van der Waals surface area contributed by atoms with Gasteiger partial charge in [0.25, 0.3) is 11.8 Å². The van der Waals surface area contributed by atoms with E-state index in [-0.39, 0.29) is 29.5 Å². The Kier molecular flexibility index (Phi) is 8.09. The molecule has 0 heterocycles. The van der Waals surface area contributed by atoms with Crippen LogP contribution >= 0.6 is 11.6 Å². The maximum atomic E-state index is 13.0. The molecule has 0 fully saturated rings. The van der Waals surface area contributed by atoms with E-state index < -0.39 is 35.1 Å². The van der Waals surface area contributed by atoms with Crippen molar-refractivity contribution in [2.24, 2.45) is 0 Å². The normalized spacial score (nSPS) is 11.0. The van der Waals surface area contributed by atoms with Crippen molar-refractivity contribution in [1.29, 1.82) is 0 Å². The topological polar surface area (TPSA) is 79.0 Å². The SMILES string of the molecule is CN(C)C(=O)COc1ccccc1C(=O)N(C)CC(=O)Nc1ccc(Cl)c(C(F)(F)F)c1. The molecule has 0 aliphatic carbocycles. The van der Waals surface area contributed by atoms with Crippen molar-refractivity contribution in [3.8, 4) is 5.75 Å². The van der Waals surface area contributed by atoms with Gasteiger partial charge in [0, 0.05) is 26.8 Å². The van der Waals surface area contributed by atoms with E-state index in [4.69, 9.17) is 16.3 Å². The highest BCUT2D eigenvalue weighted by Gasteiger charge is 2.33. The van der Waals surface area contributed by atoms with E-state index in [2.05, 4.69) is 5.32 Å². The van der Waals surface area contributed by atoms with Gasteiger partial charge < -0.3 is 19.9 Å². The summed E-state index contributed by atoms with van der Waals surface area (Å²) < 4.78 is 44.4. The second-order valence-corrected chi connectivity index (χ2v) is 7.38. The summed E-state index contributed by atoms with van der Waals surface area (Å²) in [5.41, 5.74) is -1.07. The Labute approximate surface area is 187 Å². The molecule has 3 amide bonds.